The third kappa shape index (κ3) is 5.54. The first-order valence-electron chi connectivity index (χ1n) is 6.03. The molecule has 0 spiro atoms. The molecule has 1 aromatic heterocycles. The number of carboxylic acids is 1. The van der Waals surface area contributed by atoms with E-state index in [9.17, 15) is 18.0 Å². The fourth-order valence-electron chi connectivity index (χ4n) is 1.95. The Morgan fingerprint density at radius 2 is 1.95 bits per heavy atom. The summed E-state index contributed by atoms with van der Waals surface area (Å²) in [7, 11) is 0. The van der Waals surface area contributed by atoms with Crippen molar-refractivity contribution in [1.82, 2.24) is 20.2 Å². The molecule has 6 nitrogen and oxygen atoms in total. The van der Waals surface area contributed by atoms with Crippen molar-refractivity contribution in [2.75, 3.05) is 0 Å². The summed E-state index contributed by atoms with van der Waals surface area (Å²) in [6, 6.07) is -0.708. The molecule has 0 saturated carbocycles. The van der Waals surface area contributed by atoms with Gasteiger partial charge in [0, 0.05) is 0 Å². The number of aromatic nitrogens is 4. The second-order valence-electron chi connectivity index (χ2n) is 5.85. The van der Waals surface area contributed by atoms with Crippen molar-refractivity contribution >= 4 is 5.97 Å². The van der Waals surface area contributed by atoms with E-state index < -0.39 is 24.6 Å². The van der Waals surface area contributed by atoms with E-state index in [0.29, 0.717) is 6.42 Å². The molecular weight excluding hydrogens is 277 g/mol. The average Bonchev–Trinajstić information content (AvgIpc) is 2.58. The van der Waals surface area contributed by atoms with Crippen LogP contribution in [0.4, 0.5) is 13.2 Å². The molecule has 1 atom stereocenters. The highest BCUT2D eigenvalue weighted by molar-refractivity contribution is 5.67. The lowest BCUT2D eigenvalue weighted by Crippen LogP contribution is -2.25. The van der Waals surface area contributed by atoms with Gasteiger partial charge in [0.2, 0.25) is 0 Å². The number of tetrazole rings is 1. The van der Waals surface area contributed by atoms with Crippen LogP contribution >= 0.6 is 0 Å². The third-order valence-electron chi connectivity index (χ3n) is 2.52. The molecule has 9 heteroatoms. The van der Waals surface area contributed by atoms with Gasteiger partial charge < -0.3 is 5.11 Å². The number of nitrogens with zero attached hydrogens (tertiary/aromatic N) is 4. The normalized spacial score (nSPS) is 14.3. The van der Waals surface area contributed by atoms with Crippen molar-refractivity contribution in [2.24, 2.45) is 5.41 Å². The van der Waals surface area contributed by atoms with Gasteiger partial charge in [-0.05, 0) is 22.3 Å². The molecular formula is C11H17F3N4O2. The fraction of sp³-hybridized carbons (Fsp3) is 0.818. The van der Waals surface area contributed by atoms with Crippen molar-refractivity contribution in [1.29, 1.82) is 0 Å². The van der Waals surface area contributed by atoms with E-state index in [1.807, 2.05) is 20.8 Å². The molecule has 114 valence electrons. The largest absolute Gasteiger partial charge is 0.481 e. The molecule has 0 radical (unpaired) electrons. The first kappa shape index (κ1) is 16.4. The van der Waals surface area contributed by atoms with Gasteiger partial charge in [0.25, 0.3) is 0 Å². The molecule has 1 rings (SSSR count). The summed E-state index contributed by atoms with van der Waals surface area (Å²) < 4.78 is 38.3. The number of rotatable bonds is 5. The molecule has 0 aliphatic rings. The van der Waals surface area contributed by atoms with Crippen molar-refractivity contribution < 1.29 is 23.1 Å². The van der Waals surface area contributed by atoms with Crippen LogP contribution in [0.2, 0.25) is 0 Å². The topological polar surface area (TPSA) is 80.9 Å². The lowest BCUT2D eigenvalue weighted by molar-refractivity contribution is -0.138. The second kappa shape index (κ2) is 5.76. The Morgan fingerprint density at radius 1 is 1.35 bits per heavy atom. The summed E-state index contributed by atoms with van der Waals surface area (Å²) in [6.45, 7) is 5.61. The van der Waals surface area contributed by atoms with Gasteiger partial charge in [-0.15, -0.1) is 5.10 Å². The predicted octanol–water partition coefficient (Wildman–Crippen LogP) is 2.23. The van der Waals surface area contributed by atoms with Gasteiger partial charge in [0.05, 0.1) is 12.5 Å². The highest BCUT2D eigenvalue weighted by atomic mass is 19.4. The lowest BCUT2D eigenvalue weighted by atomic mass is 9.87. The van der Waals surface area contributed by atoms with Crippen LogP contribution in [0.3, 0.4) is 0 Å². The van der Waals surface area contributed by atoms with Crippen LogP contribution in [0.25, 0.3) is 0 Å². The van der Waals surface area contributed by atoms with Crippen LogP contribution < -0.4 is 0 Å². The van der Waals surface area contributed by atoms with Crippen LogP contribution in [0.1, 0.15) is 45.5 Å². The maximum absolute atomic E-state index is 12.4. The first-order valence-corrected chi connectivity index (χ1v) is 6.03. The first-order chi connectivity index (χ1) is 8.98. The van der Waals surface area contributed by atoms with Crippen LogP contribution in [0.15, 0.2) is 0 Å². The van der Waals surface area contributed by atoms with Crippen LogP contribution in [-0.4, -0.2) is 37.5 Å². The van der Waals surface area contributed by atoms with Gasteiger partial charge >= 0.3 is 12.1 Å². The minimum Gasteiger partial charge on any atom is -0.481 e. The molecule has 1 heterocycles. The van der Waals surface area contributed by atoms with Gasteiger partial charge in [0.15, 0.2) is 5.82 Å². The van der Waals surface area contributed by atoms with E-state index in [4.69, 9.17) is 5.11 Å². The number of carbonyl (C=O) groups is 1. The summed E-state index contributed by atoms with van der Waals surface area (Å²) in [4.78, 5) is 10.9. The van der Waals surface area contributed by atoms with E-state index in [0.717, 1.165) is 4.68 Å². The minimum atomic E-state index is -4.44. The van der Waals surface area contributed by atoms with Crippen molar-refractivity contribution in [3.05, 3.63) is 5.82 Å². The Morgan fingerprint density at radius 3 is 2.40 bits per heavy atom. The molecule has 0 aromatic carbocycles. The van der Waals surface area contributed by atoms with E-state index in [-0.39, 0.29) is 17.7 Å². The Kier molecular flexibility index (Phi) is 4.72. The average molecular weight is 294 g/mol. The Hall–Kier alpha value is -1.67. The number of aliphatic carboxylic acids is 1. The van der Waals surface area contributed by atoms with E-state index in [1.165, 1.54) is 0 Å². The minimum absolute atomic E-state index is 0.262. The zero-order valence-corrected chi connectivity index (χ0v) is 11.5. The molecule has 1 aromatic rings. The van der Waals surface area contributed by atoms with E-state index in [1.54, 1.807) is 0 Å². The van der Waals surface area contributed by atoms with E-state index in [2.05, 4.69) is 15.5 Å². The summed E-state index contributed by atoms with van der Waals surface area (Å²) in [5, 5.41) is 19.0. The number of carboxylic acid groups (broad SMARTS) is 1. The Bertz CT molecular complexity index is 465. The Labute approximate surface area is 114 Å². The smallest absolute Gasteiger partial charge is 0.396 e. The molecule has 0 aliphatic heterocycles. The molecule has 0 aliphatic carbocycles. The molecule has 0 amide bonds. The van der Waals surface area contributed by atoms with E-state index >= 15 is 0 Å². The number of hydrogen-bond donors (Lipinski definition) is 1. The van der Waals surface area contributed by atoms with Crippen LogP contribution in [0, 0.1) is 5.41 Å². The van der Waals surface area contributed by atoms with Gasteiger partial charge in [-0.25, -0.2) is 4.68 Å². The highest BCUT2D eigenvalue weighted by Crippen LogP contribution is 2.31. The molecule has 0 fully saturated rings. The standard InChI is InChI=1S/C11H17F3N4O2/c1-10(2,3)5-7(4-9(19)20)18-8(15-16-17-18)6-11(12,13)14/h7H,4-6H2,1-3H3,(H,19,20). The summed E-state index contributed by atoms with van der Waals surface area (Å²) in [5.74, 6) is -1.47. The fourth-order valence-corrected chi connectivity index (χ4v) is 1.95. The summed E-state index contributed by atoms with van der Waals surface area (Å²) >= 11 is 0. The number of halogens is 3. The van der Waals surface area contributed by atoms with Gasteiger partial charge in [-0.1, -0.05) is 20.8 Å². The monoisotopic (exact) mass is 294 g/mol. The molecule has 1 unspecified atom stereocenters. The predicted molar refractivity (Wildman–Crippen MR) is 62.9 cm³/mol. The Balaban J connectivity index is 3.02. The van der Waals surface area contributed by atoms with Crippen molar-refractivity contribution in [3.8, 4) is 0 Å². The molecule has 0 bridgehead atoms. The van der Waals surface area contributed by atoms with Crippen molar-refractivity contribution in [2.45, 2.75) is 52.3 Å². The van der Waals surface area contributed by atoms with Crippen LogP contribution in [-0.2, 0) is 11.2 Å². The lowest BCUT2D eigenvalue weighted by Gasteiger charge is -2.25. The molecule has 1 N–H and O–H groups in total. The number of hydrogen-bond acceptors (Lipinski definition) is 4. The van der Waals surface area contributed by atoms with Crippen molar-refractivity contribution in [3.63, 3.8) is 0 Å². The summed E-state index contributed by atoms with van der Waals surface area (Å²) in [5.41, 5.74) is -0.262. The zero-order chi connectivity index (χ0) is 15.6. The summed E-state index contributed by atoms with van der Waals surface area (Å²) in [6.07, 6.45) is -5.69. The number of alkyl halides is 3. The zero-order valence-electron chi connectivity index (χ0n) is 11.5. The highest BCUT2D eigenvalue weighted by Gasteiger charge is 2.33. The maximum Gasteiger partial charge on any atom is 0.396 e. The second-order valence-corrected chi connectivity index (χ2v) is 5.85. The van der Waals surface area contributed by atoms with Gasteiger partial charge in [-0.3, -0.25) is 4.79 Å². The third-order valence-corrected chi connectivity index (χ3v) is 2.52. The van der Waals surface area contributed by atoms with Gasteiger partial charge in [0.1, 0.15) is 6.42 Å². The molecule has 0 saturated heterocycles. The van der Waals surface area contributed by atoms with Gasteiger partial charge in [-0.2, -0.15) is 13.2 Å². The SMILES string of the molecule is CC(C)(C)CC(CC(=O)O)n1nnnc1CC(F)(F)F. The quantitative estimate of drug-likeness (QED) is 0.900. The molecule has 20 heavy (non-hydrogen) atoms. The maximum atomic E-state index is 12.4. The van der Waals surface area contributed by atoms with Crippen LogP contribution in [0.5, 0.6) is 0 Å².